The SMILES string of the molecule is CC(C)(C)OC(=O)[C@@H]1C[C@@H](O)[C@@H](O)C[C@@H]1N. The average Bonchev–Trinajstić information content (AvgIpc) is 2.08. The lowest BCUT2D eigenvalue weighted by molar-refractivity contribution is -0.165. The van der Waals surface area contributed by atoms with Crippen LogP contribution in [-0.4, -0.2) is 40.0 Å². The van der Waals surface area contributed by atoms with E-state index in [1.54, 1.807) is 20.8 Å². The van der Waals surface area contributed by atoms with E-state index in [0.717, 1.165) is 0 Å². The Bertz CT molecular complexity index is 261. The molecule has 0 bridgehead atoms. The average molecular weight is 231 g/mol. The molecule has 5 nitrogen and oxygen atoms in total. The lowest BCUT2D eigenvalue weighted by Gasteiger charge is -2.35. The minimum absolute atomic E-state index is 0.164. The van der Waals surface area contributed by atoms with Crippen LogP contribution in [0.1, 0.15) is 33.6 Å². The van der Waals surface area contributed by atoms with Gasteiger partial charge in [-0.1, -0.05) is 0 Å². The smallest absolute Gasteiger partial charge is 0.311 e. The molecule has 0 aromatic carbocycles. The quantitative estimate of drug-likeness (QED) is 0.543. The number of nitrogens with two attached hydrogens (primary N) is 1. The summed E-state index contributed by atoms with van der Waals surface area (Å²) in [6.45, 7) is 5.35. The second kappa shape index (κ2) is 4.69. The van der Waals surface area contributed by atoms with Gasteiger partial charge >= 0.3 is 5.97 Å². The number of carbonyl (C=O) groups is 1. The number of esters is 1. The fraction of sp³-hybridized carbons (Fsp3) is 0.909. The molecule has 0 aromatic rings. The minimum atomic E-state index is -0.891. The summed E-state index contributed by atoms with van der Waals surface area (Å²) in [5.41, 5.74) is 5.22. The Kier molecular flexibility index (Phi) is 3.93. The predicted molar refractivity (Wildman–Crippen MR) is 58.6 cm³/mol. The normalized spacial score (nSPS) is 35.9. The molecule has 0 aliphatic heterocycles. The fourth-order valence-electron chi connectivity index (χ4n) is 1.84. The highest BCUT2D eigenvalue weighted by Gasteiger charge is 2.39. The van der Waals surface area contributed by atoms with Gasteiger partial charge in [-0.25, -0.2) is 0 Å². The van der Waals surface area contributed by atoms with Gasteiger partial charge in [0, 0.05) is 6.04 Å². The van der Waals surface area contributed by atoms with E-state index in [1.807, 2.05) is 0 Å². The van der Waals surface area contributed by atoms with Gasteiger partial charge in [-0.15, -0.1) is 0 Å². The Hall–Kier alpha value is -0.650. The number of hydrogen-bond acceptors (Lipinski definition) is 5. The van der Waals surface area contributed by atoms with E-state index in [9.17, 15) is 15.0 Å². The summed E-state index contributed by atoms with van der Waals surface area (Å²) in [5, 5.41) is 18.9. The first-order chi connectivity index (χ1) is 7.20. The van der Waals surface area contributed by atoms with Crippen molar-refractivity contribution in [2.24, 2.45) is 11.7 Å². The van der Waals surface area contributed by atoms with E-state index >= 15 is 0 Å². The number of ether oxygens (including phenoxy) is 1. The van der Waals surface area contributed by atoms with Crippen LogP contribution in [0.25, 0.3) is 0 Å². The molecule has 0 heterocycles. The topological polar surface area (TPSA) is 92.8 Å². The Morgan fingerprint density at radius 1 is 1.25 bits per heavy atom. The van der Waals surface area contributed by atoms with Gasteiger partial charge in [0.2, 0.25) is 0 Å². The Balaban J connectivity index is 2.62. The Morgan fingerprint density at radius 3 is 2.25 bits per heavy atom. The second-order valence-electron chi connectivity index (χ2n) is 5.41. The molecule has 0 aromatic heterocycles. The molecular weight excluding hydrogens is 210 g/mol. The van der Waals surface area contributed by atoms with Crippen LogP contribution in [0.5, 0.6) is 0 Å². The van der Waals surface area contributed by atoms with Crippen LogP contribution in [0.4, 0.5) is 0 Å². The van der Waals surface area contributed by atoms with E-state index in [1.165, 1.54) is 0 Å². The van der Waals surface area contributed by atoms with Crippen molar-refractivity contribution in [2.45, 2.75) is 57.5 Å². The molecular formula is C11H21NO4. The molecule has 0 unspecified atom stereocenters. The van der Waals surface area contributed by atoms with Crippen molar-refractivity contribution in [3.05, 3.63) is 0 Å². The summed E-state index contributed by atoms with van der Waals surface area (Å²) < 4.78 is 5.22. The maximum atomic E-state index is 11.8. The summed E-state index contributed by atoms with van der Waals surface area (Å²) in [5.74, 6) is -0.927. The highest BCUT2D eigenvalue weighted by atomic mass is 16.6. The van der Waals surface area contributed by atoms with Crippen LogP contribution in [0, 0.1) is 5.92 Å². The first kappa shape index (κ1) is 13.4. The van der Waals surface area contributed by atoms with Crippen molar-refractivity contribution in [3.8, 4) is 0 Å². The van der Waals surface area contributed by atoms with Gasteiger partial charge in [0.05, 0.1) is 18.1 Å². The van der Waals surface area contributed by atoms with E-state index in [-0.39, 0.29) is 12.8 Å². The third-order valence-electron chi connectivity index (χ3n) is 2.68. The molecule has 1 fully saturated rings. The Morgan fingerprint density at radius 2 is 1.75 bits per heavy atom. The molecule has 4 N–H and O–H groups in total. The minimum Gasteiger partial charge on any atom is -0.460 e. The van der Waals surface area contributed by atoms with Crippen LogP contribution >= 0.6 is 0 Å². The standard InChI is InChI=1S/C11H21NO4/c1-11(2,3)16-10(15)6-4-8(13)9(14)5-7(6)12/h6-9,13-14H,4-5,12H2,1-3H3/t6-,7+,8-,9+/m1/s1. The zero-order valence-corrected chi connectivity index (χ0v) is 10.0. The van der Waals surface area contributed by atoms with E-state index in [0.29, 0.717) is 0 Å². The highest BCUT2D eigenvalue weighted by molar-refractivity contribution is 5.74. The summed E-state index contributed by atoms with van der Waals surface area (Å²) in [6.07, 6.45) is -1.34. The van der Waals surface area contributed by atoms with E-state index < -0.39 is 35.7 Å². The third-order valence-corrected chi connectivity index (χ3v) is 2.68. The summed E-state index contributed by atoms with van der Waals surface area (Å²) in [6, 6.07) is -0.451. The van der Waals surface area contributed by atoms with Gasteiger partial charge in [-0.05, 0) is 33.6 Å². The van der Waals surface area contributed by atoms with E-state index in [4.69, 9.17) is 10.5 Å². The monoisotopic (exact) mass is 231 g/mol. The van der Waals surface area contributed by atoms with Crippen LogP contribution < -0.4 is 5.73 Å². The summed E-state index contributed by atoms with van der Waals surface area (Å²) in [7, 11) is 0. The summed E-state index contributed by atoms with van der Waals surface area (Å²) >= 11 is 0. The molecule has 0 spiro atoms. The van der Waals surface area contributed by atoms with Gasteiger partial charge < -0.3 is 20.7 Å². The van der Waals surface area contributed by atoms with Crippen molar-refractivity contribution in [3.63, 3.8) is 0 Å². The first-order valence-electron chi connectivity index (χ1n) is 5.55. The number of aliphatic hydroxyl groups excluding tert-OH is 2. The molecule has 0 radical (unpaired) electrons. The van der Waals surface area contributed by atoms with Crippen LogP contribution in [0.15, 0.2) is 0 Å². The zero-order valence-electron chi connectivity index (χ0n) is 10.0. The number of hydrogen-bond donors (Lipinski definition) is 3. The number of carbonyl (C=O) groups excluding carboxylic acids is 1. The highest BCUT2D eigenvalue weighted by Crippen LogP contribution is 2.26. The third kappa shape index (κ3) is 3.43. The predicted octanol–water partition coefficient (Wildman–Crippen LogP) is -0.213. The molecule has 1 rings (SSSR count). The zero-order chi connectivity index (χ0) is 12.5. The van der Waals surface area contributed by atoms with Crippen molar-refractivity contribution in [2.75, 3.05) is 0 Å². The van der Waals surface area contributed by atoms with Crippen LogP contribution in [0.3, 0.4) is 0 Å². The van der Waals surface area contributed by atoms with Gasteiger partial charge in [0.25, 0.3) is 0 Å². The molecule has 1 saturated carbocycles. The molecule has 5 heteroatoms. The molecule has 0 saturated heterocycles. The van der Waals surface area contributed by atoms with Crippen molar-refractivity contribution < 1.29 is 19.7 Å². The lowest BCUT2D eigenvalue weighted by Crippen LogP contribution is -2.50. The van der Waals surface area contributed by atoms with Gasteiger partial charge in [0.15, 0.2) is 0 Å². The first-order valence-corrected chi connectivity index (χ1v) is 5.55. The fourth-order valence-corrected chi connectivity index (χ4v) is 1.84. The molecule has 4 atom stereocenters. The van der Waals surface area contributed by atoms with Crippen molar-refractivity contribution >= 4 is 5.97 Å². The Labute approximate surface area is 95.6 Å². The van der Waals surface area contributed by atoms with Crippen molar-refractivity contribution in [1.29, 1.82) is 0 Å². The number of rotatable bonds is 1. The largest absolute Gasteiger partial charge is 0.460 e. The second-order valence-corrected chi connectivity index (χ2v) is 5.41. The number of aliphatic hydroxyl groups is 2. The molecule has 0 amide bonds. The van der Waals surface area contributed by atoms with Crippen LogP contribution in [0.2, 0.25) is 0 Å². The van der Waals surface area contributed by atoms with Crippen molar-refractivity contribution in [1.82, 2.24) is 0 Å². The molecule has 94 valence electrons. The summed E-state index contributed by atoms with van der Waals surface area (Å²) in [4.78, 5) is 11.8. The molecule has 1 aliphatic rings. The van der Waals surface area contributed by atoms with Crippen LogP contribution in [-0.2, 0) is 9.53 Å². The maximum absolute atomic E-state index is 11.8. The molecule has 1 aliphatic carbocycles. The lowest BCUT2D eigenvalue weighted by atomic mass is 9.81. The van der Waals surface area contributed by atoms with Gasteiger partial charge in [0.1, 0.15) is 5.60 Å². The van der Waals surface area contributed by atoms with Gasteiger partial charge in [-0.3, -0.25) is 4.79 Å². The molecule has 16 heavy (non-hydrogen) atoms. The van der Waals surface area contributed by atoms with Gasteiger partial charge in [-0.2, -0.15) is 0 Å². The van der Waals surface area contributed by atoms with E-state index in [2.05, 4.69) is 0 Å². The maximum Gasteiger partial charge on any atom is 0.311 e.